The Balaban J connectivity index is 3.08. The molecule has 0 bridgehead atoms. The van der Waals surface area contributed by atoms with Crippen molar-refractivity contribution in [2.45, 2.75) is 19.9 Å². The maximum Gasteiger partial charge on any atom is 0.0500 e. The number of hydrogen-bond acceptors (Lipinski definition) is 3. The molecule has 0 amide bonds. The molecule has 4 heteroatoms. The van der Waals surface area contributed by atoms with Crippen LogP contribution in [-0.4, -0.2) is 25.8 Å². The number of aliphatic hydroxyl groups excluding tert-OH is 1. The van der Waals surface area contributed by atoms with E-state index in [1.165, 1.54) is 0 Å². The molecule has 1 aromatic carbocycles. The first-order valence-corrected chi connectivity index (χ1v) is 6.00. The average molecular weight is 257 g/mol. The van der Waals surface area contributed by atoms with Gasteiger partial charge in [-0.1, -0.05) is 31.5 Å². The van der Waals surface area contributed by atoms with Crippen molar-refractivity contribution in [3.8, 4) is 0 Å². The highest BCUT2D eigenvalue weighted by Gasteiger charge is 2.28. The van der Waals surface area contributed by atoms with Crippen LogP contribution < -0.4 is 10.6 Å². The Hall–Kier alpha value is -0.770. The Morgan fingerprint density at radius 2 is 2.00 bits per heavy atom. The number of anilines is 1. The molecule has 0 aliphatic rings. The topological polar surface area (TPSA) is 49.5 Å². The van der Waals surface area contributed by atoms with Crippen molar-refractivity contribution < 1.29 is 5.11 Å². The summed E-state index contributed by atoms with van der Waals surface area (Å²) in [6.45, 7) is 3.88. The van der Waals surface area contributed by atoms with Crippen molar-refractivity contribution >= 4 is 17.3 Å². The molecule has 0 spiro atoms. The Kier molecular flexibility index (Phi) is 4.42. The molecule has 3 nitrogen and oxygen atoms in total. The van der Waals surface area contributed by atoms with Gasteiger partial charge < -0.3 is 15.7 Å². The van der Waals surface area contributed by atoms with Gasteiger partial charge in [0.15, 0.2) is 0 Å². The smallest absolute Gasteiger partial charge is 0.0500 e. The van der Waals surface area contributed by atoms with Gasteiger partial charge in [-0.2, -0.15) is 0 Å². The molecule has 1 aromatic rings. The predicted octanol–water partition coefficient (Wildman–Crippen LogP) is 2.42. The van der Waals surface area contributed by atoms with Gasteiger partial charge >= 0.3 is 0 Å². The van der Waals surface area contributed by atoms with E-state index in [4.69, 9.17) is 17.3 Å². The Labute approximate surface area is 108 Å². The quantitative estimate of drug-likeness (QED) is 0.870. The minimum absolute atomic E-state index is 0.0277. The van der Waals surface area contributed by atoms with E-state index >= 15 is 0 Å². The monoisotopic (exact) mass is 256 g/mol. The fraction of sp³-hybridized carbons (Fsp3) is 0.538. The summed E-state index contributed by atoms with van der Waals surface area (Å²) in [7, 11) is 3.92. The SMILES string of the molecule is CN(C)c1ccc([C@H](N)C(C)(C)CO)c(Cl)c1. The van der Waals surface area contributed by atoms with E-state index in [0.29, 0.717) is 5.02 Å². The zero-order valence-corrected chi connectivity index (χ0v) is 11.6. The molecule has 0 aromatic heterocycles. The molecule has 0 heterocycles. The van der Waals surface area contributed by atoms with Gasteiger partial charge in [-0.3, -0.25) is 0 Å². The van der Waals surface area contributed by atoms with Gasteiger partial charge in [-0.25, -0.2) is 0 Å². The van der Waals surface area contributed by atoms with Crippen molar-refractivity contribution in [2.75, 3.05) is 25.6 Å². The van der Waals surface area contributed by atoms with E-state index in [-0.39, 0.29) is 18.1 Å². The molecule has 1 atom stereocenters. The lowest BCUT2D eigenvalue weighted by Crippen LogP contribution is -2.32. The average Bonchev–Trinajstić information content (AvgIpc) is 2.27. The number of nitrogens with zero attached hydrogens (tertiary/aromatic N) is 1. The van der Waals surface area contributed by atoms with Gasteiger partial charge in [0.05, 0.1) is 0 Å². The Bertz CT molecular complexity index is 391. The summed E-state index contributed by atoms with van der Waals surface area (Å²) >= 11 is 6.24. The molecule has 0 radical (unpaired) electrons. The van der Waals surface area contributed by atoms with Crippen molar-refractivity contribution in [2.24, 2.45) is 11.1 Å². The van der Waals surface area contributed by atoms with Gasteiger partial charge in [0.2, 0.25) is 0 Å². The molecule has 0 saturated carbocycles. The van der Waals surface area contributed by atoms with Gasteiger partial charge in [0.25, 0.3) is 0 Å². The van der Waals surface area contributed by atoms with Crippen molar-refractivity contribution in [1.29, 1.82) is 0 Å². The third-order valence-corrected chi connectivity index (χ3v) is 3.41. The molecule has 17 heavy (non-hydrogen) atoms. The second-order valence-corrected chi connectivity index (χ2v) is 5.63. The van der Waals surface area contributed by atoms with Gasteiger partial charge in [0, 0.05) is 42.9 Å². The highest BCUT2D eigenvalue weighted by Crippen LogP contribution is 2.35. The fourth-order valence-corrected chi connectivity index (χ4v) is 1.86. The van der Waals surface area contributed by atoms with Crippen molar-refractivity contribution in [1.82, 2.24) is 0 Å². The molecule has 0 aliphatic carbocycles. The van der Waals surface area contributed by atoms with Crippen LogP contribution in [0.25, 0.3) is 0 Å². The number of benzene rings is 1. The lowest BCUT2D eigenvalue weighted by Gasteiger charge is -2.30. The number of hydrogen-bond donors (Lipinski definition) is 2. The molecule has 0 saturated heterocycles. The van der Waals surface area contributed by atoms with Crippen molar-refractivity contribution in [3.05, 3.63) is 28.8 Å². The first-order valence-electron chi connectivity index (χ1n) is 5.63. The molecular weight excluding hydrogens is 236 g/mol. The van der Waals surface area contributed by atoms with Crippen LogP contribution in [-0.2, 0) is 0 Å². The van der Waals surface area contributed by atoms with Crippen LogP contribution in [0.4, 0.5) is 5.69 Å². The van der Waals surface area contributed by atoms with Crippen LogP contribution in [0.5, 0.6) is 0 Å². The number of rotatable bonds is 4. The van der Waals surface area contributed by atoms with Crippen LogP contribution in [0.15, 0.2) is 18.2 Å². The first-order chi connectivity index (χ1) is 7.79. The number of nitrogens with two attached hydrogens (primary N) is 1. The zero-order valence-electron chi connectivity index (χ0n) is 10.9. The predicted molar refractivity (Wildman–Crippen MR) is 73.6 cm³/mol. The van der Waals surface area contributed by atoms with Crippen LogP contribution in [0, 0.1) is 5.41 Å². The van der Waals surface area contributed by atoms with E-state index in [1.54, 1.807) is 0 Å². The first kappa shape index (κ1) is 14.3. The van der Waals surface area contributed by atoms with Crippen LogP contribution in [0.1, 0.15) is 25.5 Å². The highest BCUT2D eigenvalue weighted by atomic mass is 35.5. The van der Waals surface area contributed by atoms with E-state index in [9.17, 15) is 5.11 Å². The molecule has 96 valence electrons. The van der Waals surface area contributed by atoms with Gasteiger partial charge in [-0.05, 0) is 17.7 Å². The zero-order chi connectivity index (χ0) is 13.2. The highest BCUT2D eigenvalue weighted by molar-refractivity contribution is 6.31. The summed E-state index contributed by atoms with van der Waals surface area (Å²) in [6.07, 6.45) is 0. The molecule has 0 fully saturated rings. The normalized spacial score (nSPS) is 13.6. The van der Waals surface area contributed by atoms with Crippen LogP contribution in [0.2, 0.25) is 5.02 Å². The maximum atomic E-state index is 9.33. The van der Waals surface area contributed by atoms with Crippen LogP contribution in [0.3, 0.4) is 0 Å². The molecule has 0 unspecified atom stereocenters. The summed E-state index contributed by atoms with van der Waals surface area (Å²) in [5.41, 5.74) is 7.67. The minimum Gasteiger partial charge on any atom is -0.396 e. The maximum absolute atomic E-state index is 9.33. The summed E-state index contributed by atoms with van der Waals surface area (Å²) in [4.78, 5) is 1.98. The van der Waals surface area contributed by atoms with E-state index < -0.39 is 0 Å². The lowest BCUT2D eigenvalue weighted by atomic mass is 9.82. The number of halogens is 1. The lowest BCUT2D eigenvalue weighted by molar-refractivity contribution is 0.132. The Morgan fingerprint density at radius 1 is 1.41 bits per heavy atom. The van der Waals surface area contributed by atoms with Crippen molar-refractivity contribution in [3.63, 3.8) is 0 Å². The minimum atomic E-state index is -0.386. The van der Waals surface area contributed by atoms with E-state index in [1.807, 2.05) is 51.0 Å². The standard InChI is InChI=1S/C13H21ClN2O/c1-13(2,8-17)12(15)10-6-5-9(16(3)4)7-11(10)14/h5-7,12,17H,8,15H2,1-4H3/t12-/m0/s1. The third-order valence-electron chi connectivity index (χ3n) is 3.08. The van der Waals surface area contributed by atoms with Gasteiger partial charge in [-0.15, -0.1) is 0 Å². The summed E-state index contributed by atoms with van der Waals surface area (Å²) in [5.74, 6) is 0. The number of aliphatic hydroxyl groups is 1. The third kappa shape index (κ3) is 3.12. The van der Waals surface area contributed by atoms with E-state index in [0.717, 1.165) is 11.3 Å². The van der Waals surface area contributed by atoms with Crippen LogP contribution >= 0.6 is 11.6 Å². The second-order valence-electron chi connectivity index (χ2n) is 5.22. The second kappa shape index (κ2) is 5.25. The molecule has 1 rings (SSSR count). The molecule has 0 aliphatic heterocycles. The molecule has 3 N–H and O–H groups in total. The Morgan fingerprint density at radius 3 is 2.41 bits per heavy atom. The molecular formula is C13H21ClN2O. The summed E-state index contributed by atoms with van der Waals surface area (Å²) < 4.78 is 0. The fourth-order valence-electron chi connectivity index (χ4n) is 1.57. The summed E-state index contributed by atoms with van der Waals surface area (Å²) in [6, 6.07) is 5.52. The largest absolute Gasteiger partial charge is 0.396 e. The van der Waals surface area contributed by atoms with Gasteiger partial charge in [0.1, 0.15) is 0 Å². The van der Waals surface area contributed by atoms with E-state index in [2.05, 4.69) is 0 Å². The summed E-state index contributed by atoms with van der Waals surface area (Å²) in [5, 5.41) is 9.97.